The summed E-state index contributed by atoms with van der Waals surface area (Å²) in [4.78, 5) is 22.5. The van der Waals surface area contributed by atoms with Crippen molar-refractivity contribution in [3.8, 4) is 0 Å². The molecule has 0 heterocycles. The Bertz CT molecular complexity index is 505. The average Bonchev–Trinajstić information content (AvgIpc) is 2.35. The molecular formula is C12H12F3NO3S. The van der Waals surface area contributed by atoms with Gasteiger partial charge in [0.15, 0.2) is 0 Å². The minimum absolute atomic E-state index is 0.167. The lowest BCUT2D eigenvalue weighted by molar-refractivity contribution is -0.144. The lowest BCUT2D eigenvalue weighted by atomic mass is 10.1. The molecule has 0 aromatic heterocycles. The quantitative estimate of drug-likeness (QED) is 0.648. The molecule has 0 saturated heterocycles. The van der Waals surface area contributed by atoms with E-state index in [1.54, 1.807) is 6.07 Å². The first-order valence-electron chi connectivity index (χ1n) is 5.53. The Balaban J connectivity index is 2.80. The monoisotopic (exact) mass is 307 g/mol. The van der Waals surface area contributed by atoms with Gasteiger partial charge >= 0.3 is 12.1 Å². The highest BCUT2D eigenvalue weighted by molar-refractivity contribution is 7.99. The Morgan fingerprint density at radius 2 is 1.95 bits per heavy atom. The van der Waals surface area contributed by atoms with Crippen molar-refractivity contribution in [2.24, 2.45) is 5.92 Å². The molecule has 1 aromatic carbocycles. The van der Waals surface area contributed by atoms with Crippen LogP contribution in [0.25, 0.3) is 0 Å². The Morgan fingerprint density at radius 1 is 1.35 bits per heavy atom. The molecule has 1 unspecified atom stereocenters. The number of hydrogen-bond acceptors (Lipinski definition) is 3. The number of rotatable bonds is 5. The molecule has 0 radical (unpaired) electrons. The van der Waals surface area contributed by atoms with E-state index in [1.807, 2.05) is 0 Å². The molecule has 8 heteroatoms. The van der Waals surface area contributed by atoms with Gasteiger partial charge in [0, 0.05) is 4.90 Å². The smallest absolute Gasteiger partial charge is 0.398 e. The summed E-state index contributed by atoms with van der Waals surface area (Å²) < 4.78 is 36.6. The van der Waals surface area contributed by atoms with E-state index in [-0.39, 0.29) is 10.6 Å². The summed E-state index contributed by atoms with van der Waals surface area (Å²) in [6, 6.07) is 5.93. The highest BCUT2D eigenvalue weighted by atomic mass is 32.2. The number of benzene rings is 1. The fourth-order valence-electron chi connectivity index (χ4n) is 1.21. The van der Waals surface area contributed by atoms with Gasteiger partial charge in [-0.3, -0.25) is 9.59 Å². The second kappa shape index (κ2) is 6.65. The van der Waals surface area contributed by atoms with Crippen LogP contribution in [0.1, 0.15) is 6.92 Å². The summed E-state index contributed by atoms with van der Waals surface area (Å²) in [5, 5.41) is 11.0. The number of amides is 1. The minimum atomic E-state index is -4.32. The SMILES string of the molecule is CC(C(=O)O)C(=O)Nc1ccccc1SCC(F)(F)F. The van der Waals surface area contributed by atoms with Crippen LogP contribution in [0.3, 0.4) is 0 Å². The van der Waals surface area contributed by atoms with Crippen molar-refractivity contribution in [3.05, 3.63) is 24.3 Å². The highest BCUT2D eigenvalue weighted by Gasteiger charge is 2.28. The Labute approximate surface area is 117 Å². The van der Waals surface area contributed by atoms with Crippen LogP contribution >= 0.6 is 11.8 Å². The average molecular weight is 307 g/mol. The third-order valence-electron chi connectivity index (χ3n) is 2.30. The summed E-state index contributed by atoms with van der Waals surface area (Å²) in [5.74, 6) is -4.45. The molecule has 0 aliphatic carbocycles. The van der Waals surface area contributed by atoms with Crippen molar-refractivity contribution in [3.63, 3.8) is 0 Å². The third-order valence-corrected chi connectivity index (χ3v) is 3.44. The molecule has 0 aliphatic heterocycles. The van der Waals surface area contributed by atoms with Crippen LogP contribution in [0.4, 0.5) is 18.9 Å². The number of nitrogens with one attached hydrogen (secondary N) is 1. The van der Waals surface area contributed by atoms with Gasteiger partial charge in [-0.2, -0.15) is 13.2 Å². The van der Waals surface area contributed by atoms with Crippen molar-refractivity contribution < 1.29 is 27.9 Å². The second-order valence-corrected chi connectivity index (χ2v) is 4.97. The van der Waals surface area contributed by atoms with Crippen molar-refractivity contribution in [2.45, 2.75) is 18.0 Å². The first kappa shape index (κ1) is 16.4. The van der Waals surface area contributed by atoms with E-state index in [2.05, 4.69) is 5.32 Å². The molecule has 1 aromatic rings. The number of carboxylic acid groups (broad SMARTS) is 1. The van der Waals surface area contributed by atoms with E-state index in [4.69, 9.17) is 5.11 Å². The van der Waals surface area contributed by atoms with Crippen molar-refractivity contribution >= 4 is 29.3 Å². The summed E-state index contributed by atoms with van der Waals surface area (Å²) in [5.41, 5.74) is 0.167. The van der Waals surface area contributed by atoms with Gasteiger partial charge in [-0.1, -0.05) is 12.1 Å². The maximum Gasteiger partial charge on any atom is 0.398 e. The molecule has 0 fully saturated rings. The number of alkyl halides is 3. The van der Waals surface area contributed by atoms with Crippen LogP contribution in [0.2, 0.25) is 0 Å². The van der Waals surface area contributed by atoms with Crippen molar-refractivity contribution in [1.82, 2.24) is 0 Å². The third kappa shape index (κ3) is 5.12. The standard InChI is InChI=1S/C12H12F3NO3S/c1-7(11(18)19)10(17)16-8-4-2-3-5-9(8)20-6-12(13,14)15/h2-5,7H,6H2,1H3,(H,16,17)(H,18,19). The maximum atomic E-state index is 12.2. The van der Waals surface area contributed by atoms with Crippen LogP contribution in [-0.2, 0) is 9.59 Å². The Morgan fingerprint density at radius 3 is 2.50 bits per heavy atom. The van der Waals surface area contributed by atoms with E-state index in [0.29, 0.717) is 11.8 Å². The lowest BCUT2D eigenvalue weighted by Gasteiger charge is -2.13. The zero-order chi connectivity index (χ0) is 15.3. The molecule has 110 valence electrons. The van der Waals surface area contributed by atoms with E-state index < -0.39 is 29.7 Å². The molecule has 0 spiro atoms. The van der Waals surface area contributed by atoms with Gasteiger partial charge in [-0.15, -0.1) is 11.8 Å². The first-order valence-corrected chi connectivity index (χ1v) is 6.51. The zero-order valence-corrected chi connectivity index (χ0v) is 11.2. The first-order chi connectivity index (χ1) is 9.20. The van der Waals surface area contributed by atoms with E-state index in [9.17, 15) is 22.8 Å². The number of carbonyl (C=O) groups excluding carboxylic acids is 1. The molecular weight excluding hydrogens is 295 g/mol. The number of halogens is 3. The number of carboxylic acids is 1. The number of thioether (sulfide) groups is 1. The van der Waals surface area contributed by atoms with Gasteiger partial charge < -0.3 is 10.4 Å². The Hall–Kier alpha value is -1.70. The fraction of sp³-hybridized carbons (Fsp3) is 0.333. The minimum Gasteiger partial charge on any atom is -0.481 e. The van der Waals surface area contributed by atoms with Gasteiger partial charge in [0.05, 0.1) is 11.4 Å². The lowest BCUT2D eigenvalue weighted by Crippen LogP contribution is -2.27. The van der Waals surface area contributed by atoms with Gasteiger partial charge in [0.25, 0.3) is 0 Å². The predicted octanol–water partition coefficient (Wildman–Crippen LogP) is 3.00. The van der Waals surface area contributed by atoms with Gasteiger partial charge in [0.2, 0.25) is 5.91 Å². The molecule has 4 nitrogen and oxygen atoms in total. The molecule has 1 atom stereocenters. The number of carbonyl (C=O) groups is 2. The molecule has 20 heavy (non-hydrogen) atoms. The second-order valence-electron chi connectivity index (χ2n) is 3.95. The van der Waals surface area contributed by atoms with Crippen LogP contribution in [0, 0.1) is 5.92 Å². The molecule has 2 N–H and O–H groups in total. The maximum absolute atomic E-state index is 12.2. The molecule has 1 rings (SSSR count). The largest absolute Gasteiger partial charge is 0.481 e. The molecule has 0 bridgehead atoms. The molecule has 0 saturated carbocycles. The topological polar surface area (TPSA) is 66.4 Å². The van der Waals surface area contributed by atoms with E-state index >= 15 is 0 Å². The van der Waals surface area contributed by atoms with Crippen LogP contribution in [0.15, 0.2) is 29.2 Å². The Kier molecular flexibility index (Phi) is 5.43. The summed E-state index contributed by atoms with van der Waals surface area (Å²) in [6.45, 7) is 1.20. The van der Waals surface area contributed by atoms with Crippen molar-refractivity contribution in [1.29, 1.82) is 0 Å². The van der Waals surface area contributed by atoms with Gasteiger partial charge in [-0.05, 0) is 19.1 Å². The highest BCUT2D eigenvalue weighted by Crippen LogP contribution is 2.32. The summed E-state index contributed by atoms with van der Waals surface area (Å²) >= 11 is 0.529. The van der Waals surface area contributed by atoms with Gasteiger partial charge in [0.1, 0.15) is 5.92 Å². The number of para-hydroxylation sites is 1. The number of anilines is 1. The number of hydrogen-bond donors (Lipinski definition) is 2. The number of aliphatic carboxylic acids is 1. The molecule has 1 amide bonds. The fourth-order valence-corrected chi connectivity index (χ4v) is 1.98. The van der Waals surface area contributed by atoms with Crippen LogP contribution < -0.4 is 5.32 Å². The van der Waals surface area contributed by atoms with E-state index in [1.165, 1.54) is 25.1 Å². The summed E-state index contributed by atoms with van der Waals surface area (Å²) in [7, 11) is 0. The predicted molar refractivity (Wildman–Crippen MR) is 68.7 cm³/mol. The normalized spacial score (nSPS) is 12.8. The zero-order valence-electron chi connectivity index (χ0n) is 10.4. The van der Waals surface area contributed by atoms with Gasteiger partial charge in [-0.25, -0.2) is 0 Å². The van der Waals surface area contributed by atoms with Crippen LogP contribution in [0.5, 0.6) is 0 Å². The van der Waals surface area contributed by atoms with Crippen LogP contribution in [-0.4, -0.2) is 28.9 Å². The van der Waals surface area contributed by atoms with Crippen molar-refractivity contribution in [2.75, 3.05) is 11.1 Å². The van der Waals surface area contributed by atoms with E-state index in [0.717, 1.165) is 0 Å². The summed E-state index contributed by atoms with van der Waals surface area (Å²) in [6.07, 6.45) is -4.32. The molecule has 0 aliphatic rings.